The molecule has 0 spiro atoms. The van der Waals surface area contributed by atoms with Gasteiger partial charge in [0.15, 0.2) is 0 Å². The summed E-state index contributed by atoms with van der Waals surface area (Å²) in [6.07, 6.45) is -4.55. The Morgan fingerprint density at radius 1 is 1.15 bits per heavy atom. The van der Waals surface area contributed by atoms with Gasteiger partial charge in [-0.2, -0.15) is 13.2 Å². The normalized spacial score (nSPS) is 11.4. The molecule has 0 aliphatic rings. The van der Waals surface area contributed by atoms with E-state index >= 15 is 0 Å². The third kappa shape index (κ3) is 4.88. The van der Waals surface area contributed by atoms with Gasteiger partial charge in [-0.1, -0.05) is 41.6 Å². The minimum Gasteiger partial charge on any atom is -0.411 e. The van der Waals surface area contributed by atoms with Crippen molar-refractivity contribution >= 4 is 23.4 Å². The van der Waals surface area contributed by atoms with Crippen LogP contribution in [0.3, 0.4) is 0 Å². The molecule has 0 saturated carbocycles. The highest BCUT2D eigenvalue weighted by atomic mass is 32.2. The van der Waals surface area contributed by atoms with Crippen LogP contribution in [0.1, 0.15) is 11.1 Å². The zero-order valence-electron chi connectivity index (χ0n) is 14.1. The molecule has 5 nitrogen and oxygen atoms in total. The second kappa shape index (κ2) is 7.83. The van der Waals surface area contributed by atoms with Gasteiger partial charge in [-0.05, 0) is 31.2 Å². The lowest BCUT2D eigenvalue weighted by atomic mass is 10.1. The van der Waals surface area contributed by atoms with E-state index in [4.69, 9.17) is 4.42 Å². The molecule has 0 fully saturated rings. The standard InChI is InChI=1S/C18H14F3N3O2S/c1-11-5-4-6-12(9-11)16-23-24-17(26-16)27-10-15(25)22-14-8-3-2-7-13(14)18(19,20)21/h2-9H,10H2,1H3,(H,22,25). The lowest BCUT2D eigenvalue weighted by Crippen LogP contribution is -2.18. The van der Waals surface area contributed by atoms with Gasteiger partial charge < -0.3 is 9.73 Å². The van der Waals surface area contributed by atoms with Crippen molar-refractivity contribution in [2.45, 2.75) is 18.3 Å². The fourth-order valence-electron chi connectivity index (χ4n) is 2.32. The number of rotatable bonds is 5. The molecule has 3 rings (SSSR count). The van der Waals surface area contributed by atoms with E-state index in [-0.39, 0.29) is 16.7 Å². The van der Waals surface area contributed by atoms with Crippen LogP contribution in [0.4, 0.5) is 18.9 Å². The number of amides is 1. The van der Waals surface area contributed by atoms with Gasteiger partial charge in [0.2, 0.25) is 11.8 Å². The maximum atomic E-state index is 13.0. The summed E-state index contributed by atoms with van der Waals surface area (Å²) in [6.45, 7) is 1.93. The third-order valence-corrected chi connectivity index (χ3v) is 4.32. The van der Waals surface area contributed by atoms with E-state index in [1.54, 1.807) is 0 Å². The molecule has 2 aromatic carbocycles. The quantitative estimate of drug-likeness (QED) is 0.631. The first-order chi connectivity index (χ1) is 12.8. The minimum atomic E-state index is -4.55. The first kappa shape index (κ1) is 19.0. The van der Waals surface area contributed by atoms with Crippen molar-refractivity contribution < 1.29 is 22.4 Å². The number of carbonyl (C=O) groups excluding carboxylic acids is 1. The van der Waals surface area contributed by atoms with E-state index in [0.29, 0.717) is 5.89 Å². The third-order valence-electron chi connectivity index (χ3n) is 3.50. The molecule has 0 radical (unpaired) electrons. The van der Waals surface area contributed by atoms with E-state index in [9.17, 15) is 18.0 Å². The number of nitrogens with zero attached hydrogens (tertiary/aromatic N) is 2. The van der Waals surface area contributed by atoms with Crippen LogP contribution in [0.15, 0.2) is 58.2 Å². The van der Waals surface area contributed by atoms with Gasteiger partial charge in [0.1, 0.15) is 0 Å². The highest BCUT2D eigenvalue weighted by Crippen LogP contribution is 2.34. The van der Waals surface area contributed by atoms with Crippen molar-refractivity contribution in [3.63, 3.8) is 0 Å². The van der Waals surface area contributed by atoms with E-state index in [0.717, 1.165) is 29.0 Å². The van der Waals surface area contributed by atoms with Crippen molar-refractivity contribution in [3.8, 4) is 11.5 Å². The Bertz CT molecular complexity index is 957. The van der Waals surface area contributed by atoms with Crippen LogP contribution in [0.5, 0.6) is 0 Å². The van der Waals surface area contributed by atoms with Crippen molar-refractivity contribution in [2.75, 3.05) is 11.1 Å². The van der Waals surface area contributed by atoms with Gasteiger partial charge in [-0.3, -0.25) is 4.79 Å². The van der Waals surface area contributed by atoms with E-state index in [2.05, 4.69) is 15.5 Å². The van der Waals surface area contributed by atoms with Crippen molar-refractivity contribution in [3.05, 3.63) is 59.7 Å². The average molecular weight is 393 g/mol. The Balaban J connectivity index is 1.62. The highest BCUT2D eigenvalue weighted by molar-refractivity contribution is 7.99. The molecule has 3 aromatic rings. The summed E-state index contributed by atoms with van der Waals surface area (Å²) in [4.78, 5) is 12.0. The molecule has 1 aromatic heterocycles. The fourth-order valence-corrected chi connectivity index (χ4v) is 2.88. The summed E-state index contributed by atoms with van der Waals surface area (Å²) in [6, 6.07) is 12.3. The second-order valence-electron chi connectivity index (χ2n) is 5.62. The van der Waals surface area contributed by atoms with Gasteiger partial charge in [0, 0.05) is 5.56 Å². The number of hydrogen-bond donors (Lipinski definition) is 1. The number of benzene rings is 2. The van der Waals surface area contributed by atoms with Crippen molar-refractivity contribution in [2.24, 2.45) is 0 Å². The molecule has 1 heterocycles. The summed E-state index contributed by atoms with van der Waals surface area (Å²) in [5, 5.41) is 10.2. The number of para-hydroxylation sites is 1. The van der Waals surface area contributed by atoms with Crippen LogP contribution >= 0.6 is 11.8 Å². The SMILES string of the molecule is Cc1cccc(-c2nnc(SCC(=O)Nc3ccccc3C(F)(F)F)o2)c1. The highest BCUT2D eigenvalue weighted by Gasteiger charge is 2.33. The predicted octanol–water partition coefficient (Wildman–Crippen LogP) is 4.79. The zero-order chi connectivity index (χ0) is 19.4. The number of nitrogens with one attached hydrogen (secondary N) is 1. The Hall–Kier alpha value is -2.81. The molecule has 27 heavy (non-hydrogen) atoms. The van der Waals surface area contributed by atoms with Crippen LogP contribution in [-0.2, 0) is 11.0 Å². The molecule has 0 saturated heterocycles. The minimum absolute atomic E-state index is 0.158. The first-order valence-electron chi connectivity index (χ1n) is 7.82. The maximum absolute atomic E-state index is 13.0. The summed E-state index contributed by atoms with van der Waals surface area (Å²) in [7, 11) is 0. The van der Waals surface area contributed by atoms with E-state index < -0.39 is 17.6 Å². The smallest absolute Gasteiger partial charge is 0.411 e. The predicted molar refractivity (Wildman–Crippen MR) is 95.3 cm³/mol. The number of carbonyl (C=O) groups is 1. The lowest BCUT2D eigenvalue weighted by molar-refractivity contribution is -0.137. The molecule has 0 aliphatic heterocycles. The van der Waals surface area contributed by atoms with Gasteiger partial charge >= 0.3 is 6.18 Å². The summed E-state index contributed by atoms with van der Waals surface area (Å²) >= 11 is 0.947. The molecular weight excluding hydrogens is 379 g/mol. The van der Waals surface area contributed by atoms with Crippen molar-refractivity contribution in [1.82, 2.24) is 10.2 Å². The Kier molecular flexibility index (Phi) is 5.50. The van der Waals surface area contributed by atoms with Crippen LogP contribution in [0, 0.1) is 6.92 Å². The Morgan fingerprint density at radius 2 is 1.93 bits per heavy atom. The first-order valence-corrected chi connectivity index (χ1v) is 8.81. The molecule has 9 heteroatoms. The number of halogens is 3. The van der Waals surface area contributed by atoms with Gasteiger partial charge in [-0.25, -0.2) is 0 Å². The van der Waals surface area contributed by atoms with Crippen molar-refractivity contribution in [1.29, 1.82) is 0 Å². The van der Waals surface area contributed by atoms with Crippen LogP contribution in [-0.4, -0.2) is 21.9 Å². The van der Waals surface area contributed by atoms with Crippen LogP contribution in [0.25, 0.3) is 11.5 Å². The zero-order valence-corrected chi connectivity index (χ0v) is 14.9. The molecule has 0 aliphatic carbocycles. The summed E-state index contributed by atoms with van der Waals surface area (Å²) in [5.41, 5.74) is 0.588. The number of alkyl halides is 3. The van der Waals surface area contributed by atoms with Crippen LogP contribution < -0.4 is 5.32 Å². The number of aromatic nitrogens is 2. The van der Waals surface area contributed by atoms with Gasteiger partial charge in [-0.15, -0.1) is 10.2 Å². The summed E-state index contributed by atoms with van der Waals surface area (Å²) < 4.78 is 44.3. The molecule has 0 unspecified atom stereocenters. The monoisotopic (exact) mass is 393 g/mol. The largest absolute Gasteiger partial charge is 0.418 e. The number of thioether (sulfide) groups is 1. The topological polar surface area (TPSA) is 68.0 Å². The molecular formula is C18H14F3N3O2S. The molecule has 0 atom stereocenters. The Morgan fingerprint density at radius 3 is 2.67 bits per heavy atom. The van der Waals surface area contributed by atoms with Crippen LogP contribution in [0.2, 0.25) is 0 Å². The lowest BCUT2D eigenvalue weighted by Gasteiger charge is -2.13. The Labute approximate surface area is 157 Å². The fraction of sp³-hybridized carbons (Fsp3) is 0.167. The second-order valence-corrected chi connectivity index (χ2v) is 6.55. The number of anilines is 1. The molecule has 0 bridgehead atoms. The number of hydrogen-bond acceptors (Lipinski definition) is 5. The molecule has 140 valence electrons. The maximum Gasteiger partial charge on any atom is 0.418 e. The molecule has 1 amide bonds. The molecule has 1 N–H and O–H groups in total. The van der Waals surface area contributed by atoms with Gasteiger partial charge in [0.25, 0.3) is 5.22 Å². The van der Waals surface area contributed by atoms with Gasteiger partial charge in [0.05, 0.1) is 17.0 Å². The average Bonchev–Trinajstić information content (AvgIpc) is 3.09. The summed E-state index contributed by atoms with van der Waals surface area (Å²) in [5.74, 6) is -0.460. The van der Waals surface area contributed by atoms with E-state index in [1.807, 2.05) is 31.2 Å². The number of aryl methyl sites for hydroxylation is 1. The van der Waals surface area contributed by atoms with E-state index in [1.165, 1.54) is 18.2 Å².